The molecule has 2 saturated carbocycles. The summed E-state index contributed by atoms with van der Waals surface area (Å²) in [5.74, 6) is 1.15. The van der Waals surface area contributed by atoms with E-state index in [0.29, 0.717) is 11.8 Å². The molecule has 4 rings (SSSR count). The highest BCUT2D eigenvalue weighted by Gasteiger charge is 2.42. The molecule has 2 fully saturated rings. The Morgan fingerprint density at radius 1 is 1.07 bits per heavy atom. The number of hydrogen-bond donors (Lipinski definition) is 2. The fraction of sp³-hybridized carbons (Fsp3) is 0.409. The smallest absolute Gasteiger partial charge is 0.261 e. The monoisotopic (exact) mass is 416 g/mol. The summed E-state index contributed by atoms with van der Waals surface area (Å²) in [7, 11) is -3.93. The lowest BCUT2D eigenvalue weighted by Crippen LogP contribution is -2.40. The van der Waals surface area contributed by atoms with E-state index < -0.39 is 15.8 Å². The van der Waals surface area contributed by atoms with Crippen LogP contribution in [0.25, 0.3) is 0 Å². The van der Waals surface area contributed by atoms with E-state index in [-0.39, 0.29) is 28.1 Å². The van der Waals surface area contributed by atoms with Crippen LogP contribution in [0.1, 0.15) is 43.0 Å². The van der Waals surface area contributed by atoms with Crippen LogP contribution in [-0.4, -0.2) is 20.4 Å². The zero-order valence-electron chi connectivity index (χ0n) is 16.3. The Kier molecular flexibility index (Phi) is 5.34. The number of carbonyl (C=O) groups excluding carboxylic acids is 1. The molecule has 2 N–H and O–H groups in total. The number of amides is 1. The summed E-state index contributed by atoms with van der Waals surface area (Å²) >= 11 is 0. The Morgan fingerprint density at radius 3 is 2.45 bits per heavy atom. The normalized spacial score (nSPS) is 24.3. The maximum atomic E-state index is 13.1. The van der Waals surface area contributed by atoms with Crippen LogP contribution in [-0.2, 0) is 10.0 Å². The molecule has 7 heteroatoms. The number of hydrogen-bond acceptors (Lipinski definition) is 3. The predicted octanol–water partition coefficient (Wildman–Crippen LogP) is 4.18. The van der Waals surface area contributed by atoms with Crippen LogP contribution in [0, 0.1) is 23.6 Å². The molecule has 0 unspecified atom stereocenters. The van der Waals surface area contributed by atoms with Crippen molar-refractivity contribution >= 4 is 21.6 Å². The van der Waals surface area contributed by atoms with Crippen LogP contribution in [0.4, 0.5) is 10.1 Å². The molecule has 0 aliphatic heterocycles. The van der Waals surface area contributed by atoms with Crippen molar-refractivity contribution in [1.29, 1.82) is 0 Å². The van der Waals surface area contributed by atoms with Crippen molar-refractivity contribution in [3.05, 3.63) is 59.9 Å². The van der Waals surface area contributed by atoms with Gasteiger partial charge in [-0.15, -0.1) is 0 Å². The number of halogens is 1. The summed E-state index contributed by atoms with van der Waals surface area (Å²) in [6.07, 6.45) is 4.96. The maximum absolute atomic E-state index is 13.1. The van der Waals surface area contributed by atoms with E-state index in [1.165, 1.54) is 31.4 Å². The predicted molar refractivity (Wildman–Crippen MR) is 110 cm³/mol. The molecular formula is C22H25FN2O3S. The third-order valence-electron chi connectivity index (χ3n) is 6.33. The fourth-order valence-electron chi connectivity index (χ4n) is 4.89. The van der Waals surface area contributed by atoms with E-state index in [4.69, 9.17) is 0 Å². The third-order valence-corrected chi connectivity index (χ3v) is 7.72. The fourth-order valence-corrected chi connectivity index (χ4v) is 5.97. The number of sulfonamides is 1. The first-order valence-electron chi connectivity index (χ1n) is 10.0. The lowest BCUT2D eigenvalue weighted by atomic mass is 9.84. The Bertz CT molecular complexity index is 1010. The van der Waals surface area contributed by atoms with E-state index in [0.717, 1.165) is 24.5 Å². The van der Waals surface area contributed by atoms with Gasteiger partial charge in [-0.2, -0.15) is 0 Å². The third kappa shape index (κ3) is 4.15. The standard InChI is InChI=1S/C22H25FN2O3S/c1-14(20-13-15-6-7-16(20)12-15)24-22(26)19-4-2-3-5-21(19)25-29(27,28)18-10-8-17(23)9-11-18/h2-5,8-11,14-16,20,25H,6-7,12-13H2,1H3,(H,24,26)/t14-,15+,16+,20-/m1/s1. The van der Waals surface area contributed by atoms with Crippen molar-refractivity contribution < 1.29 is 17.6 Å². The van der Waals surface area contributed by atoms with Gasteiger partial charge in [0.05, 0.1) is 16.1 Å². The van der Waals surface area contributed by atoms with Crippen molar-refractivity contribution in [3.63, 3.8) is 0 Å². The minimum Gasteiger partial charge on any atom is -0.349 e. The van der Waals surface area contributed by atoms with Gasteiger partial charge in [0.15, 0.2) is 0 Å². The van der Waals surface area contributed by atoms with E-state index >= 15 is 0 Å². The maximum Gasteiger partial charge on any atom is 0.261 e. The largest absolute Gasteiger partial charge is 0.349 e. The first kappa shape index (κ1) is 19.9. The number of benzene rings is 2. The van der Waals surface area contributed by atoms with E-state index in [1.54, 1.807) is 24.3 Å². The Balaban J connectivity index is 1.50. The molecule has 0 spiro atoms. The van der Waals surface area contributed by atoms with Gasteiger partial charge in [-0.05, 0) is 80.3 Å². The SMILES string of the molecule is C[C@@H](NC(=O)c1ccccc1NS(=O)(=O)c1ccc(F)cc1)[C@H]1C[C@H]2CC[C@H]1C2. The van der Waals surface area contributed by atoms with Crippen molar-refractivity contribution in [2.75, 3.05) is 4.72 Å². The minimum absolute atomic E-state index is 0.0413. The first-order valence-corrected chi connectivity index (χ1v) is 11.5. The Hall–Kier alpha value is -2.41. The quantitative estimate of drug-likeness (QED) is 0.742. The molecule has 2 aliphatic carbocycles. The van der Waals surface area contributed by atoms with Crippen LogP contribution in [0.2, 0.25) is 0 Å². The van der Waals surface area contributed by atoms with Gasteiger partial charge in [0, 0.05) is 6.04 Å². The zero-order chi connectivity index (χ0) is 20.6. The molecule has 2 aromatic rings. The van der Waals surface area contributed by atoms with Crippen LogP contribution in [0.5, 0.6) is 0 Å². The number of carbonyl (C=O) groups is 1. The zero-order valence-corrected chi connectivity index (χ0v) is 17.1. The van der Waals surface area contributed by atoms with Gasteiger partial charge in [0.25, 0.3) is 15.9 Å². The van der Waals surface area contributed by atoms with Gasteiger partial charge in [-0.25, -0.2) is 12.8 Å². The average molecular weight is 417 g/mol. The van der Waals surface area contributed by atoms with Gasteiger partial charge in [0.2, 0.25) is 0 Å². The molecule has 2 aliphatic rings. The number of fused-ring (bicyclic) bond motifs is 2. The number of rotatable bonds is 6. The Morgan fingerprint density at radius 2 is 1.79 bits per heavy atom. The summed E-state index contributed by atoms with van der Waals surface area (Å²) in [4.78, 5) is 12.8. The van der Waals surface area contributed by atoms with Crippen molar-refractivity contribution in [2.24, 2.45) is 17.8 Å². The molecule has 4 atom stereocenters. The Labute approximate surface area is 170 Å². The molecule has 154 valence electrons. The van der Waals surface area contributed by atoms with Crippen LogP contribution < -0.4 is 10.0 Å². The van der Waals surface area contributed by atoms with Crippen LogP contribution in [0.15, 0.2) is 53.4 Å². The van der Waals surface area contributed by atoms with E-state index in [1.807, 2.05) is 6.92 Å². The second-order valence-corrected chi connectivity index (χ2v) is 9.89. The second-order valence-electron chi connectivity index (χ2n) is 8.21. The van der Waals surface area contributed by atoms with Gasteiger partial charge in [0.1, 0.15) is 5.82 Å². The van der Waals surface area contributed by atoms with Crippen molar-refractivity contribution in [1.82, 2.24) is 5.32 Å². The van der Waals surface area contributed by atoms with Gasteiger partial charge >= 0.3 is 0 Å². The summed E-state index contributed by atoms with van der Waals surface area (Å²) in [6.45, 7) is 2.04. The summed E-state index contributed by atoms with van der Waals surface area (Å²) in [6, 6.07) is 11.1. The molecule has 0 radical (unpaired) electrons. The van der Waals surface area contributed by atoms with Crippen LogP contribution in [0.3, 0.4) is 0 Å². The lowest BCUT2D eigenvalue weighted by molar-refractivity contribution is 0.0916. The molecule has 5 nitrogen and oxygen atoms in total. The second kappa shape index (κ2) is 7.78. The molecular weight excluding hydrogens is 391 g/mol. The first-order chi connectivity index (χ1) is 13.8. The molecule has 0 heterocycles. The highest BCUT2D eigenvalue weighted by molar-refractivity contribution is 7.92. The van der Waals surface area contributed by atoms with Gasteiger partial charge in [-0.3, -0.25) is 9.52 Å². The van der Waals surface area contributed by atoms with Gasteiger partial charge < -0.3 is 5.32 Å². The van der Waals surface area contributed by atoms with Gasteiger partial charge in [-0.1, -0.05) is 18.6 Å². The summed E-state index contributed by atoms with van der Waals surface area (Å²) in [5, 5.41) is 3.07. The van der Waals surface area contributed by atoms with E-state index in [2.05, 4.69) is 10.0 Å². The molecule has 29 heavy (non-hydrogen) atoms. The highest BCUT2D eigenvalue weighted by atomic mass is 32.2. The number of para-hydroxylation sites is 1. The molecule has 2 bridgehead atoms. The lowest BCUT2D eigenvalue weighted by Gasteiger charge is -2.28. The average Bonchev–Trinajstić information content (AvgIpc) is 3.32. The molecule has 0 saturated heterocycles. The summed E-state index contributed by atoms with van der Waals surface area (Å²) in [5.41, 5.74) is 0.475. The molecule has 0 aromatic heterocycles. The molecule has 2 aromatic carbocycles. The highest BCUT2D eigenvalue weighted by Crippen LogP contribution is 2.49. The summed E-state index contributed by atoms with van der Waals surface area (Å²) < 4.78 is 40.9. The minimum atomic E-state index is -3.93. The number of anilines is 1. The molecule has 1 amide bonds. The van der Waals surface area contributed by atoms with Crippen molar-refractivity contribution in [3.8, 4) is 0 Å². The van der Waals surface area contributed by atoms with Crippen molar-refractivity contribution in [2.45, 2.75) is 43.5 Å². The topological polar surface area (TPSA) is 75.3 Å². The van der Waals surface area contributed by atoms with E-state index in [9.17, 15) is 17.6 Å². The number of nitrogens with one attached hydrogen (secondary N) is 2. The van der Waals surface area contributed by atoms with Crippen LogP contribution >= 0.6 is 0 Å².